The molecular weight excluding hydrogens is 246 g/mol. The minimum Gasteiger partial charge on any atom is -0.295 e. The molecule has 1 aliphatic rings. The van der Waals surface area contributed by atoms with Crippen molar-refractivity contribution in [1.82, 2.24) is 4.90 Å². The van der Waals surface area contributed by atoms with E-state index in [4.69, 9.17) is 22.1 Å². The van der Waals surface area contributed by atoms with Gasteiger partial charge in [0.15, 0.2) is 0 Å². The molecule has 0 bridgehead atoms. The Morgan fingerprint density at radius 1 is 1.33 bits per heavy atom. The largest absolute Gasteiger partial charge is 0.295 e. The van der Waals surface area contributed by atoms with Crippen LogP contribution in [0.1, 0.15) is 30.4 Å². The first-order valence-electron chi connectivity index (χ1n) is 6.04. The molecule has 0 unspecified atom stereocenters. The third-order valence-corrected chi connectivity index (χ3v) is 3.48. The highest BCUT2D eigenvalue weighted by Gasteiger charge is 2.28. The quantitative estimate of drug-likeness (QED) is 0.816. The second-order valence-electron chi connectivity index (χ2n) is 4.53. The summed E-state index contributed by atoms with van der Waals surface area (Å²) >= 11 is 6.17. The summed E-state index contributed by atoms with van der Waals surface area (Å²) in [5, 5.41) is 18.1. The minimum atomic E-state index is 0.546. The van der Waals surface area contributed by atoms with E-state index in [-0.39, 0.29) is 0 Å². The number of nitriles is 2. The average Bonchev–Trinajstić information content (AvgIpc) is 3.20. The Balaban J connectivity index is 2.07. The summed E-state index contributed by atoms with van der Waals surface area (Å²) in [6, 6.07) is 10.3. The zero-order valence-electron chi connectivity index (χ0n) is 10.1. The standard InChI is InChI=1S/C14H14ClN3/c15-14-8-11(9-17)2-3-12(14)10-18(7-1-6-16)13-4-5-13/h2-3,8,13H,1,4-5,7,10H2. The molecule has 0 spiro atoms. The van der Waals surface area contributed by atoms with Crippen LogP contribution < -0.4 is 0 Å². The molecule has 0 aromatic heterocycles. The molecule has 4 heteroatoms. The Morgan fingerprint density at radius 2 is 2.11 bits per heavy atom. The van der Waals surface area contributed by atoms with E-state index >= 15 is 0 Å². The van der Waals surface area contributed by atoms with Crippen LogP contribution in [-0.4, -0.2) is 17.5 Å². The highest BCUT2D eigenvalue weighted by Crippen LogP contribution is 2.30. The third kappa shape index (κ3) is 3.23. The summed E-state index contributed by atoms with van der Waals surface area (Å²) in [6.45, 7) is 1.55. The van der Waals surface area contributed by atoms with Gasteiger partial charge in [-0.1, -0.05) is 17.7 Å². The van der Waals surface area contributed by atoms with Gasteiger partial charge in [-0.15, -0.1) is 0 Å². The van der Waals surface area contributed by atoms with Crippen LogP contribution in [0.15, 0.2) is 18.2 Å². The first-order valence-corrected chi connectivity index (χ1v) is 6.42. The van der Waals surface area contributed by atoms with Crippen molar-refractivity contribution in [3.8, 4) is 12.1 Å². The van der Waals surface area contributed by atoms with E-state index in [1.54, 1.807) is 12.1 Å². The summed E-state index contributed by atoms with van der Waals surface area (Å²) in [7, 11) is 0. The summed E-state index contributed by atoms with van der Waals surface area (Å²) in [4.78, 5) is 2.30. The van der Waals surface area contributed by atoms with Gasteiger partial charge in [-0.25, -0.2) is 0 Å². The van der Waals surface area contributed by atoms with Gasteiger partial charge in [-0.3, -0.25) is 4.90 Å². The Labute approximate surface area is 112 Å². The van der Waals surface area contributed by atoms with E-state index in [2.05, 4.69) is 17.0 Å². The van der Waals surface area contributed by atoms with Gasteiger partial charge in [-0.2, -0.15) is 10.5 Å². The Hall–Kier alpha value is -1.55. The third-order valence-electron chi connectivity index (χ3n) is 3.13. The fraction of sp³-hybridized carbons (Fsp3) is 0.429. The fourth-order valence-electron chi connectivity index (χ4n) is 1.99. The summed E-state index contributed by atoms with van der Waals surface area (Å²) < 4.78 is 0. The monoisotopic (exact) mass is 259 g/mol. The van der Waals surface area contributed by atoms with Gasteiger partial charge in [-0.05, 0) is 30.5 Å². The van der Waals surface area contributed by atoms with Crippen LogP contribution in [0.4, 0.5) is 0 Å². The molecule has 0 aliphatic heterocycles. The first-order chi connectivity index (χ1) is 8.74. The molecule has 1 aromatic rings. The maximum absolute atomic E-state index is 8.79. The van der Waals surface area contributed by atoms with E-state index in [0.717, 1.165) is 18.7 Å². The van der Waals surface area contributed by atoms with E-state index in [0.29, 0.717) is 23.0 Å². The molecule has 0 saturated heterocycles. The van der Waals surface area contributed by atoms with Gasteiger partial charge >= 0.3 is 0 Å². The predicted molar refractivity (Wildman–Crippen MR) is 69.8 cm³/mol. The molecule has 1 saturated carbocycles. The van der Waals surface area contributed by atoms with Gasteiger partial charge < -0.3 is 0 Å². The van der Waals surface area contributed by atoms with Crippen molar-refractivity contribution in [2.75, 3.05) is 6.54 Å². The molecular formula is C14H14ClN3. The van der Waals surface area contributed by atoms with E-state index in [1.807, 2.05) is 6.07 Å². The van der Waals surface area contributed by atoms with E-state index in [1.165, 1.54) is 12.8 Å². The number of hydrogen-bond acceptors (Lipinski definition) is 3. The van der Waals surface area contributed by atoms with Gasteiger partial charge in [0, 0.05) is 30.6 Å². The lowest BCUT2D eigenvalue weighted by molar-refractivity contribution is 0.261. The second-order valence-corrected chi connectivity index (χ2v) is 4.93. The van der Waals surface area contributed by atoms with Crippen LogP contribution in [-0.2, 0) is 6.54 Å². The number of hydrogen-bond donors (Lipinski definition) is 0. The number of benzene rings is 1. The van der Waals surface area contributed by atoms with Gasteiger partial charge in [0.25, 0.3) is 0 Å². The molecule has 92 valence electrons. The van der Waals surface area contributed by atoms with Crippen molar-refractivity contribution in [2.45, 2.75) is 31.8 Å². The molecule has 0 heterocycles. The van der Waals surface area contributed by atoms with Crippen molar-refractivity contribution >= 4 is 11.6 Å². The van der Waals surface area contributed by atoms with E-state index < -0.39 is 0 Å². The summed E-state index contributed by atoms with van der Waals surface area (Å²) in [6.07, 6.45) is 2.96. The molecule has 1 aromatic carbocycles. The van der Waals surface area contributed by atoms with Gasteiger partial charge in [0.05, 0.1) is 17.7 Å². The second kappa shape index (κ2) is 5.87. The van der Waals surface area contributed by atoms with Crippen LogP contribution in [0.25, 0.3) is 0 Å². The predicted octanol–water partition coefficient (Wildman–Crippen LogP) is 3.09. The summed E-state index contributed by atoms with van der Waals surface area (Å²) in [5.41, 5.74) is 1.61. The van der Waals surface area contributed by atoms with Crippen molar-refractivity contribution in [2.24, 2.45) is 0 Å². The first kappa shape index (κ1) is 12.9. The zero-order chi connectivity index (χ0) is 13.0. The molecule has 2 rings (SSSR count). The Morgan fingerprint density at radius 3 is 2.67 bits per heavy atom. The SMILES string of the molecule is N#CCCN(Cc1ccc(C#N)cc1Cl)C1CC1. The smallest absolute Gasteiger partial charge is 0.0992 e. The topological polar surface area (TPSA) is 50.8 Å². The average molecular weight is 260 g/mol. The number of rotatable bonds is 5. The minimum absolute atomic E-state index is 0.546. The maximum atomic E-state index is 8.79. The highest BCUT2D eigenvalue weighted by molar-refractivity contribution is 6.31. The molecule has 0 atom stereocenters. The normalized spacial score (nSPS) is 14.2. The van der Waals surface area contributed by atoms with Crippen molar-refractivity contribution in [3.63, 3.8) is 0 Å². The highest BCUT2D eigenvalue weighted by atomic mass is 35.5. The van der Waals surface area contributed by atoms with Crippen molar-refractivity contribution in [3.05, 3.63) is 34.3 Å². The van der Waals surface area contributed by atoms with Crippen LogP contribution in [0.2, 0.25) is 5.02 Å². The molecule has 0 amide bonds. The number of halogens is 1. The molecule has 0 radical (unpaired) electrons. The van der Waals surface area contributed by atoms with Crippen LogP contribution >= 0.6 is 11.6 Å². The van der Waals surface area contributed by atoms with Crippen LogP contribution in [0.3, 0.4) is 0 Å². The Kier molecular flexibility index (Phi) is 4.20. The lowest BCUT2D eigenvalue weighted by Gasteiger charge is -2.21. The molecule has 1 aliphatic carbocycles. The van der Waals surface area contributed by atoms with Crippen LogP contribution in [0, 0.1) is 22.7 Å². The fourth-order valence-corrected chi connectivity index (χ4v) is 2.23. The Bertz CT molecular complexity index is 509. The molecule has 18 heavy (non-hydrogen) atoms. The molecule has 1 fully saturated rings. The lowest BCUT2D eigenvalue weighted by Crippen LogP contribution is -2.26. The van der Waals surface area contributed by atoms with E-state index in [9.17, 15) is 0 Å². The van der Waals surface area contributed by atoms with Crippen LogP contribution in [0.5, 0.6) is 0 Å². The molecule has 0 N–H and O–H groups in total. The molecule has 3 nitrogen and oxygen atoms in total. The summed E-state index contributed by atoms with van der Waals surface area (Å²) in [5.74, 6) is 0. The van der Waals surface area contributed by atoms with Crippen molar-refractivity contribution in [1.29, 1.82) is 10.5 Å². The van der Waals surface area contributed by atoms with Gasteiger partial charge in [0.1, 0.15) is 0 Å². The van der Waals surface area contributed by atoms with Gasteiger partial charge in [0.2, 0.25) is 0 Å². The lowest BCUT2D eigenvalue weighted by atomic mass is 10.1. The maximum Gasteiger partial charge on any atom is 0.0992 e. The zero-order valence-corrected chi connectivity index (χ0v) is 10.8. The number of nitrogens with zero attached hydrogens (tertiary/aromatic N) is 3. The van der Waals surface area contributed by atoms with Crippen molar-refractivity contribution < 1.29 is 0 Å².